The van der Waals surface area contributed by atoms with Crippen LogP contribution in [0.2, 0.25) is 0 Å². The molecule has 0 amide bonds. The maximum absolute atomic E-state index is 4.81. The lowest BCUT2D eigenvalue weighted by Gasteiger charge is -2.07. The van der Waals surface area contributed by atoms with Gasteiger partial charge in [-0.2, -0.15) is 0 Å². The molecule has 4 heteroatoms. The predicted octanol–water partition coefficient (Wildman–Crippen LogP) is 7.07. The molecule has 0 saturated heterocycles. The van der Waals surface area contributed by atoms with Crippen molar-refractivity contribution >= 4 is 46.1 Å². The van der Waals surface area contributed by atoms with Gasteiger partial charge < -0.3 is 0 Å². The monoisotopic (exact) mass is 354 g/mol. The Kier molecular flexibility index (Phi) is 6.59. The molecule has 0 aliphatic carbocycles. The highest BCUT2D eigenvalue weighted by atomic mass is 35.6. The van der Waals surface area contributed by atoms with Crippen LogP contribution in [0.5, 0.6) is 0 Å². The Morgan fingerprint density at radius 1 is 0.667 bits per heavy atom. The second-order valence-electron chi connectivity index (χ2n) is 4.14. The van der Waals surface area contributed by atoms with E-state index >= 15 is 0 Å². The number of benzene rings is 2. The van der Waals surface area contributed by atoms with E-state index in [1.54, 1.807) is 11.3 Å². The van der Waals surface area contributed by atoms with Crippen LogP contribution in [0.15, 0.2) is 72.1 Å². The zero-order chi connectivity index (χ0) is 15.1. The summed E-state index contributed by atoms with van der Waals surface area (Å²) >= 11 is 16.2. The maximum Gasteiger partial charge on any atom is 0.180 e. The van der Waals surface area contributed by atoms with Crippen LogP contribution in [-0.4, -0.2) is 4.30 Å². The van der Waals surface area contributed by atoms with Crippen LogP contribution in [0.1, 0.15) is 0 Å². The molecular formula is C17H13Cl3S. The van der Waals surface area contributed by atoms with Crippen LogP contribution in [0, 0.1) is 0 Å². The first-order valence-corrected chi connectivity index (χ1v) is 8.48. The van der Waals surface area contributed by atoms with E-state index in [1.165, 1.54) is 21.6 Å². The molecular weight excluding hydrogens is 343 g/mol. The third kappa shape index (κ3) is 5.05. The van der Waals surface area contributed by atoms with Crippen molar-refractivity contribution in [2.75, 3.05) is 0 Å². The van der Waals surface area contributed by atoms with E-state index in [2.05, 4.69) is 72.1 Å². The van der Waals surface area contributed by atoms with Crippen molar-refractivity contribution in [3.05, 3.63) is 72.1 Å². The highest BCUT2D eigenvalue weighted by Crippen LogP contribution is 2.34. The van der Waals surface area contributed by atoms with Gasteiger partial charge in [-0.15, -0.1) is 11.3 Å². The Bertz CT molecular complexity index is 646. The zero-order valence-electron chi connectivity index (χ0n) is 11.0. The Labute approximate surface area is 143 Å². The summed E-state index contributed by atoms with van der Waals surface area (Å²) in [6.45, 7) is 0. The molecule has 0 nitrogen and oxygen atoms in total. The number of thiophene rings is 1. The molecule has 0 bridgehead atoms. The lowest BCUT2D eigenvalue weighted by atomic mass is 9.99. The summed E-state index contributed by atoms with van der Waals surface area (Å²) in [5, 5.41) is 2.12. The minimum atomic E-state index is -0.750. The fourth-order valence-electron chi connectivity index (χ4n) is 2.00. The number of rotatable bonds is 2. The maximum atomic E-state index is 4.81. The van der Waals surface area contributed by atoms with Gasteiger partial charge in [0, 0.05) is 4.88 Å². The molecule has 108 valence electrons. The molecule has 0 spiro atoms. The first-order valence-electron chi connectivity index (χ1n) is 6.29. The average Bonchev–Trinajstić information content (AvgIpc) is 3.02. The standard InChI is InChI=1S/C16H12S.CHCl3/c1-2-7-13(8-3-1)14-9-4-5-10-15(14)16-11-6-12-17-16;2-1(3)4/h1-12H;1H. The van der Waals surface area contributed by atoms with Crippen molar-refractivity contribution < 1.29 is 0 Å². The minimum absolute atomic E-state index is 0.750. The van der Waals surface area contributed by atoms with Gasteiger partial charge in [-0.3, -0.25) is 0 Å². The van der Waals surface area contributed by atoms with Crippen LogP contribution < -0.4 is 0 Å². The van der Waals surface area contributed by atoms with E-state index in [-0.39, 0.29) is 0 Å². The molecule has 0 fully saturated rings. The van der Waals surface area contributed by atoms with Gasteiger partial charge >= 0.3 is 0 Å². The fourth-order valence-corrected chi connectivity index (χ4v) is 2.77. The smallest absolute Gasteiger partial charge is 0.144 e. The molecule has 0 N–H and O–H groups in total. The number of hydrogen-bond acceptors (Lipinski definition) is 1. The van der Waals surface area contributed by atoms with Crippen LogP contribution >= 0.6 is 46.1 Å². The first-order chi connectivity index (χ1) is 10.2. The van der Waals surface area contributed by atoms with Crippen molar-refractivity contribution in [3.8, 4) is 21.6 Å². The molecule has 0 aliphatic rings. The highest BCUT2D eigenvalue weighted by Gasteiger charge is 2.06. The molecule has 3 rings (SSSR count). The van der Waals surface area contributed by atoms with Crippen LogP contribution in [-0.2, 0) is 0 Å². The van der Waals surface area contributed by atoms with E-state index in [0.717, 1.165) is 0 Å². The third-order valence-corrected chi connectivity index (χ3v) is 3.70. The molecule has 0 atom stereocenters. The molecule has 3 aromatic rings. The Morgan fingerprint density at radius 2 is 1.24 bits per heavy atom. The molecule has 21 heavy (non-hydrogen) atoms. The van der Waals surface area contributed by atoms with E-state index < -0.39 is 4.30 Å². The molecule has 0 radical (unpaired) electrons. The topological polar surface area (TPSA) is 0 Å². The van der Waals surface area contributed by atoms with Gasteiger partial charge in [0.15, 0.2) is 4.30 Å². The van der Waals surface area contributed by atoms with E-state index in [4.69, 9.17) is 34.8 Å². The highest BCUT2D eigenvalue weighted by molar-refractivity contribution is 7.13. The molecule has 0 saturated carbocycles. The third-order valence-electron chi connectivity index (χ3n) is 2.80. The molecule has 0 unspecified atom stereocenters. The van der Waals surface area contributed by atoms with Crippen molar-refractivity contribution in [1.29, 1.82) is 0 Å². The molecule has 1 aromatic heterocycles. The summed E-state index contributed by atoms with van der Waals surface area (Å²) in [5.74, 6) is 0. The summed E-state index contributed by atoms with van der Waals surface area (Å²) < 4.78 is -0.750. The molecule has 0 aliphatic heterocycles. The van der Waals surface area contributed by atoms with Crippen LogP contribution in [0.3, 0.4) is 0 Å². The Morgan fingerprint density at radius 3 is 1.81 bits per heavy atom. The van der Waals surface area contributed by atoms with E-state index in [1.807, 2.05) is 0 Å². The second-order valence-corrected chi connectivity index (χ2v) is 7.06. The lowest BCUT2D eigenvalue weighted by molar-refractivity contribution is 1.62. The van der Waals surface area contributed by atoms with E-state index in [0.29, 0.717) is 0 Å². The summed E-state index contributed by atoms with van der Waals surface area (Å²) in [6.07, 6.45) is 0. The van der Waals surface area contributed by atoms with Crippen LogP contribution in [0.25, 0.3) is 21.6 Å². The quantitative estimate of drug-likeness (QED) is 0.431. The van der Waals surface area contributed by atoms with E-state index in [9.17, 15) is 0 Å². The van der Waals surface area contributed by atoms with Gasteiger partial charge in [0.1, 0.15) is 0 Å². The zero-order valence-corrected chi connectivity index (χ0v) is 14.1. The SMILES string of the molecule is ClC(Cl)Cl.c1ccc(-c2ccccc2-c2cccs2)cc1. The first kappa shape index (κ1) is 16.4. The number of alkyl halides is 3. The Hall–Kier alpha value is -0.990. The Balaban J connectivity index is 0.000000361. The fraction of sp³-hybridized carbons (Fsp3) is 0.0588. The summed E-state index contributed by atoms with van der Waals surface area (Å²) in [6, 6.07) is 23.4. The van der Waals surface area contributed by atoms with Gasteiger partial charge in [0.05, 0.1) is 0 Å². The largest absolute Gasteiger partial charge is 0.180 e. The summed E-state index contributed by atoms with van der Waals surface area (Å²) in [5.41, 5.74) is 3.89. The lowest BCUT2D eigenvalue weighted by Crippen LogP contribution is -1.81. The van der Waals surface area contributed by atoms with Gasteiger partial charge in [0.25, 0.3) is 0 Å². The van der Waals surface area contributed by atoms with Crippen molar-refractivity contribution in [3.63, 3.8) is 0 Å². The normalized spacial score (nSPS) is 10.1. The molecule has 2 aromatic carbocycles. The van der Waals surface area contributed by atoms with Gasteiger partial charge in [-0.05, 0) is 28.1 Å². The van der Waals surface area contributed by atoms with Crippen molar-refractivity contribution in [2.24, 2.45) is 0 Å². The van der Waals surface area contributed by atoms with Crippen LogP contribution in [0.4, 0.5) is 0 Å². The predicted molar refractivity (Wildman–Crippen MR) is 96.5 cm³/mol. The second kappa shape index (κ2) is 8.45. The minimum Gasteiger partial charge on any atom is -0.144 e. The van der Waals surface area contributed by atoms with Crippen molar-refractivity contribution in [2.45, 2.75) is 4.30 Å². The number of halogens is 3. The van der Waals surface area contributed by atoms with Gasteiger partial charge in [-0.1, -0.05) is 95.5 Å². The molecule has 1 heterocycles. The van der Waals surface area contributed by atoms with Crippen molar-refractivity contribution in [1.82, 2.24) is 0 Å². The van der Waals surface area contributed by atoms with Gasteiger partial charge in [-0.25, -0.2) is 0 Å². The number of hydrogen-bond donors (Lipinski definition) is 0. The van der Waals surface area contributed by atoms with Gasteiger partial charge in [0.2, 0.25) is 0 Å². The average molecular weight is 356 g/mol. The summed E-state index contributed by atoms with van der Waals surface area (Å²) in [7, 11) is 0. The summed E-state index contributed by atoms with van der Waals surface area (Å²) in [4.78, 5) is 1.32.